The lowest BCUT2D eigenvalue weighted by atomic mass is 9.85. The number of carbonyl (C=O) groups excluding carboxylic acids is 1. The molecule has 10 nitrogen and oxygen atoms in total. The number of nitrogens with zero attached hydrogens (tertiary/aromatic N) is 6. The van der Waals surface area contributed by atoms with E-state index in [1.165, 1.54) is 12.8 Å². The highest BCUT2D eigenvalue weighted by Crippen LogP contribution is 2.39. The fourth-order valence-electron chi connectivity index (χ4n) is 6.12. The third-order valence-corrected chi connectivity index (χ3v) is 8.54. The van der Waals surface area contributed by atoms with Gasteiger partial charge in [0.2, 0.25) is 5.95 Å². The van der Waals surface area contributed by atoms with Gasteiger partial charge in [0.25, 0.3) is 0 Å². The first kappa shape index (κ1) is 28.9. The first-order valence-corrected chi connectivity index (χ1v) is 15.5. The molecule has 43 heavy (non-hydrogen) atoms. The van der Waals surface area contributed by atoms with E-state index in [1.807, 2.05) is 47.9 Å². The van der Waals surface area contributed by atoms with Crippen LogP contribution in [-0.2, 0) is 11.8 Å². The molecule has 1 aromatic carbocycles. The molecule has 10 heteroatoms. The normalized spacial score (nSPS) is 20.5. The molecule has 0 bridgehead atoms. The second-order valence-corrected chi connectivity index (χ2v) is 12.8. The number of urea groups is 1. The van der Waals surface area contributed by atoms with E-state index in [4.69, 9.17) is 4.74 Å². The Morgan fingerprint density at radius 1 is 1.02 bits per heavy atom. The number of pyridine rings is 1. The van der Waals surface area contributed by atoms with Gasteiger partial charge < -0.3 is 15.0 Å². The first-order chi connectivity index (χ1) is 20.7. The monoisotopic (exact) mass is 582 g/mol. The largest absolute Gasteiger partial charge is 0.484 e. The van der Waals surface area contributed by atoms with Crippen LogP contribution < -0.4 is 20.3 Å². The molecule has 4 heterocycles. The summed E-state index contributed by atoms with van der Waals surface area (Å²) in [5, 5.41) is 15.1. The van der Waals surface area contributed by atoms with Crippen molar-refractivity contribution in [2.24, 2.45) is 0 Å². The van der Waals surface area contributed by atoms with Gasteiger partial charge in [-0.05, 0) is 62.3 Å². The number of rotatable bonds is 6. The number of nitrogens with one attached hydrogen (secondary N) is 2. The van der Waals surface area contributed by atoms with Gasteiger partial charge in [0.15, 0.2) is 5.65 Å². The Hall–Kier alpha value is -4.21. The van der Waals surface area contributed by atoms with Crippen molar-refractivity contribution in [1.82, 2.24) is 29.9 Å². The number of piperidine rings is 1. The molecule has 2 amide bonds. The fourth-order valence-corrected chi connectivity index (χ4v) is 6.12. The van der Waals surface area contributed by atoms with Crippen molar-refractivity contribution in [3.05, 3.63) is 71.3 Å². The lowest BCUT2D eigenvalue weighted by Gasteiger charge is -2.33. The van der Waals surface area contributed by atoms with Gasteiger partial charge in [-0.1, -0.05) is 52.0 Å². The lowest BCUT2D eigenvalue weighted by Crippen LogP contribution is -2.38. The highest BCUT2D eigenvalue weighted by molar-refractivity contribution is 5.88. The highest BCUT2D eigenvalue weighted by atomic mass is 16.5. The van der Waals surface area contributed by atoms with Crippen LogP contribution in [0.5, 0.6) is 5.75 Å². The summed E-state index contributed by atoms with van der Waals surface area (Å²) in [5.74, 6) is 2.87. The van der Waals surface area contributed by atoms with Gasteiger partial charge in [-0.25, -0.2) is 14.8 Å². The van der Waals surface area contributed by atoms with Crippen molar-refractivity contribution in [3.8, 4) is 5.75 Å². The summed E-state index contributed by atoms with van der Waals surface area (Å²) in [5.41, 5.74) is 3.71. The molecule has 0 radical (unpaired) electrons. The predicted octanol–water partition coefficient (Wildman–Crippen LogP) is 6.53. The third kappa shape index (κ3) is 6.14. The van der Waals surface area contributed by atoms with Crippen LogP contribution >= 0.6 is 0 Å². The van der Waals surface area contributed by atoms with Crippen molar-refractivity contribution in [2.45, 2.75) is 96.7 Å². The van der Waals surface area contributed by atoms with Crippen LogP contribution in [0.25, 0.3) is 5.65 Å². The second kappa shape index (κ2) is 11.8. The maximum atomic E-state index is 13.2. The summed E-state index contributed by atoms with van der Waals surface area (Å²) < 4.78 is 8.65. The molecule has 3 atom stereocenters. The van der Waals surface area contributed by atoms with Gasteiger partial charge in [-0.15, -0.1) is 10.2 Å². The molecular weight excluding hydrogens is 540 g/mol. The molecule has 3 aromatic heterocycles. The van der Waals surface area contributed by atoms with Crippen LogP contribution in [-0.4, -0.2) is 43.2 Å². The number of fused-ring (bicyclic) bond motifs is 2. The Bertz CT molecular complexity index is 1610. The van der Waals surface area contributed by atoms with E-state index in [2.05, 4.69) is 75.5 Å². The number of ether oxygens (including phenoxy) is 1. The number of hydrogen-bond donors (Lipinski definition) is 2. The van der Waals surface area contributed by atoms with Crippen molar-refractivity contribution in [1.29, 1.82) is 0 Å². The summed E-state index contributed by atoms with van der Waals surface area (Å²) >= 11 is 0. The molecule has 0 spiro atoms. The van der Waals surface area contributed by atoms with E-state index in [1.54, 1.807) is 0 Å². The van der Waals surface area contributed by atoms with E-state index in [9.17, 15) is 4.79 Å². The molecule has 1 aliphatic heterocycles. The quantitative estimate of drug-likeness (QED) is 0.266. The number of benzene rings is 1. The van der Waals surface area contributed by atoms with Gasteiger partial charge in [-0.3, -0.25) is 9.72 Å². The number of aromatic nitrogens is 5. The number of amides is 2. The smallest absolute Gasteiger partial charge is 0.320 e. The summed E-state index contributed by atoms with van der Waals surface area (Å²) in [6.45, 7) is 11.6. The molecular formula is C33H42N8O2. The summed E-state index contributed by atoms with van der Waals surface area (Å²) in [7, 11) is 0. The second-order valence-electron chi connectivity index (χ2n) is 12.8. The molecule has 2 aliphatic rings. The summed E-state index contributed by atoms with van der Waals surface area (Å²) in [4.78, 5) is 24.7. The van der Waals surface area contributed by atoms with Crippen LogP contribution in [0.15, 0.2) is 48.7 Å². The Morgan fingerprint density at radius 3 is 2.60 bits per heavy atom. The predicted molar refractivity (Wildman–Crippen MR) is 168 cm³/mol. The van der Waals surface area contributed by atoms with Gasteiger partial charge in [0, 0.05) is 30.5 Å². The zero-order chi connectivity index (χ0) is 30.1. The Balaban J connectivity index is 1.18. The van der Waals surface area contributed by atoms with Crippen LogP contribution in [0.3, 0.4) is 0 Å². The van der Waals surface area contributed by atoms with Gasteiger partial charge in [0.1, 0.15) is 23.5 Å². The third-order valence-electron chi connectivity index (χ3n) is 8.54. The number of aryl methyl sites for hydroxylation is 1. The molecule has 4 aromatic rings. The average molecular weight is 583 g/mol. The van der Waals surface area contributed by atoms with Gasteiger partial charge in [0.05, 0.1) is 17.9 Å². The standard InChI is InChI=1S/C33H42N8O2/c1-6-28-35-27(33(3,4)5)19-29(36-28)37-31(42)34-25-15-16-26(24-13-8-7-12-23(24)25)43-22-14-17-30-38-39-32(41(30)20-22)40-18-10-9-11-21(40)2/h7-8,12-14,17,19-21,25-26H,6,9-11,15-16,18H2,1-5H3,(H2,34,35,36,37,42)/t21-,25-,26+/m0/s1. The van der Waals surface area contributed by atoms with Gasteiger partial charge in [-0.2, -0.15) is 0 Å². The van der Waals surface area contributed by atoms with Crippen molar-refractivity contribution < 1.29 is 9.53 Å². The van der Waals surface area contributed by atoms with Crippen molar-refractivity contribution in [2.75, 3.05) is 16.8 Å². The molecule has 1 fully saturated rings. The van der Waals surface area contributed by atoms with Crippen LogP contribution in [0, 0.1) is 0 Å². The first-order valence-electron chi connectivity index (χ1n) is 15.5. The fraction of sp³-hybridized carbons (Fsp3) is 0.485. The van der Waals surface area contributed by atoms with Crippen molar-refractivity contribution in [3.63, 3.8) is 0 Å². The number of hydrogen-bond acceptors (Lipinski definition) is 7. The van der Waals surface area contributed by atoms with E-state index in [0.29, 0.717) is 24.1 Å². The maximum absolute atomic E-state index is 13.2. The zero-order valence-electron chi connectivity index (χ0n) is 25.8. The molecule has 226 valence electrons. The zero-order valence-corrected chi connectivity index (χ0v) is 25.8. The van der Waals surface area contributed by atoms with Crippen LogP contribution in [0.4, 0.5) is 16.6 Å². The maximum Gasteiger partial charge on any atom is 0.320 e. The minimum absolute atomic E-state index is 0.132. The minimum atomic E-state index is -0.280. The molecule has 1 saturated heterocycles. The molecule has 0 saturated carbocycles. The number of anilines is 2. The molecule has 0 unspecified atom stereocenters. The topological polar surface area (TPSA) is 110 Å². The van der Waals surface area contributed by atoms with E-state index in [0.717, 1.165) is 60.0 Å². The molecule has 2 N–H and O–H groups in total. The van der Waals surface area contributed by atoms with E-state index < -0.39 is 0 Å². The molecule has 6 rings (SSSR count). The van der Waals surface area contributed by atoms with E-state index >= 15 is 0 Å². The average Bonchev–Trinajstić information content (AvgIpc) is 3.41. The Kier molecular flexibility index (Phi) is 7.94. The summed E-state index contributed by atoms with van der Waals surface area (Å²) in [6.07, 6.45) is 7.65. The Labute approximate surface area is 253 Å². The minimum Gasteiger partial charge on any atom is -0.484 e. The van der Waals surface area contributed by atoms with Crippen LogP contribution in [0.2, 0.25) is 0 Å². The van der Waals surface area contributed by atoms with Gasteiger partial charge >= 0.3 is 6.03 Å². The number of carbonyl (C=O) groups is 1. The highest BCUT2D eigenvalue weighted by Gasteiger charge is 2.30. The summed E-state index contributed by atoms with van der Waals surface area (Å²) in [6, 6.07) is 14.0. The van der Waals surface area contributed by atoms with Crippen LogP contribution in [0.1, 0.15) is 102 Å². The Morgan fingerprint density at radius 2 is 1.84 bits per heavy atom. The molecule has 1 aliphatic carbocycles. The SMILES string of the molecule is CCc1nc(NC(=O)N[C@H]2CC[C@@H](Oc3ccc4nnc(N5CCCC[C@@H]5C)n4c3)c3ccccc32)cc(C(C)(C)C)n1. The lowest BCUT2D eigenvalue weighted by molar-refractivity contribution is 0.171. The van der Waals surface area contributed by atoms with Crippen molar-refractivity contribution >= 4 is 23.4 Å². The van der Waals surface area contributed by atoms with E-state index in [-0.39, 0.29) is 23.6 Å².